The lowest BCUT2D eigenvalue weighted by Crippen LogP contribution is -2.49. The summed E-state index contributed by atoms with van der Waals surface area (Å²) in [6.07, 6.45) is 3.52. The molecule has 0 radical (unpaired) electrons. The van der Waals surface area contributed by atoms with Crippen LogP contribution in [0.15, 0.2) is 0 Å². The van der Waals surface area contributed by atoms with Gasteiger partial charge in [0.25, 0.3) is 0 Å². The SMILES string of the molecule is CCOC1CC(O)(CCC(C)(C)OC)C1. The second-order valence-corrected chi connectivity index (χ2v) is 5.17. The molecule has 0 aliphatic heterocycles. The van der Waals surface area contributed by atoms with Gasteiger partial charge < -0.3 is 14.6 Å². The molecule has 0 bridgehead atoms. The van der Waals surface area contributed by atoms with Crippen molar-refractivity contribution in [3.05, 3.63) is 0 Å². The summed E-state index contributed by atoms with van der Waals surface area (Å²) < 4.78 is 10.8. The summed E-state index contributed by atoms with van der Waals surface area (Å²) in [5, 5.41) is 10.1. The van der Waals surface area contributed by atoms with Crippen LogP contribution in [0.25, 0.3) is 0 Å². The molecule has 3 nitrogen and oxygen atoms in total. The molecule has 0 aromatic heterocycles. The lowest BCUT2D eigenvalue weighted by atomic mass is 9.73. The molecule has 0 unspecified atom stereocenters. The summed E-state index contributed by atoms with van der Waals surface area (Å²) in [5.74, 6) is 0. The van der Waals surface area contributed by atoms with Crippen molar-refractivity contribution in [2.45, 2.75) is 63.8 Å². The van der Waals surface area contributed by atoms with Crippen LogP contribution < -0.4 is 0 Å². The molecule has 3 heteroatoms. The van der Waals surface area contributed by atoms with E-state index in [0.29, 0.717) is 0 Å². The van der Waals surface area contributed by atoms with Crippen molar-refractivity contribution < 1.29 is 14.6 Å². The van der Waals surface area contributed by atoms with Crippen LogP contribution in [0.5, 0.6) is 0 Å². The fourth-order valence-corrected chi connectivity index (χ4v) is 1.98. The maximum Gasteiger partial charge on any atom is 0.0698 e. The molecule has 1 aliphatic carbocycles. The summed E-state index contributed by atoms with van der Waals surface area (Å²) in [6, 6.07) is 0. The van der Waals surface area contributed by atoms with Gasteiger partial charge in [-0.05, 0) is 33.6 Å². The largest absolute Gasteiger partial charge is 0.390 e. The number of hydrogen-bond acceptors (Lipinski definition) is 3. The van der Waals surface area contributed by atoms with E-state index in [1.54, 1.807) is 7.11 Å². The second-order valence-electron chi connectivity index (χ2n) is 5.17. The maximum atomic E-state index is 10.1. The highest BCUT2D eigenvalue weighted by Crippen LogP contribution is 2.39. The third-order valence-corrected chi connectivity index (χ3v) is 3.36. The predicted molar refractivity (Wildman–Crippen MR) is 59.9 cm³/mol. The molecule has 1 aliphatic rings. The zero-order chi connectivity index (χ0) is 11.5. The minimum atomic E-state index is -0.504. The summed E-state index contributed by atoms with van der Waals surface area (Å²) in [7, 11) is 1.72. The van der Waals surface area contributed by atoms with Crippen molar-refractivity contribution in [1.82, 2.24) is 0 Å². The minimum absolute atomic E-state index is 0.133. The summed E-state index contributed by atoms with van der Waals surface area (Å²) in [6.45, 7) is 6.83. The van der Waals surface area contributed by atoms with Crippen LogP contribution in [0.3, 0.4) is 0 Å². The van der Waals surface area contributed by atoms with Crippen LogP contribution in [-0.2, 0) is 9.47 Å². The van der Waals surface area contributed by atoms with E-state index in [2.05, 4.69) is 13.8 Å². The number of aliphatic hydroxyl groups is 1. The van der Waals surface area contributed by atoms with E-state index in [0.717, 1.165) is 32.3 Å². The van der Waals surface area contributed by atoms with Gasteiger partial charge in [-0.25, -0.2) is 0 Å². The zero-order valence-electron chi connectivity index (χ0n) is 10.4. The molecular formula is C12H24O3. The zero-order valence-corrected chi connectivity index (χ0v) is 10.4. The van der Waals surface area contributed by atoms with Crippen LogP contribution in [-0.4, -0.2) is 36.1 Å². The molecule has 1 rings (SSSR count). The van der Waals surface area contributed by atoms with Gasteiger partial charge in [-0.2, -0.15) is 0 Å². The maximum absolute atomic E-state index is 10.1. The summed E-state index contributed by atoms with van der Waals surface area (Å²) >= 11 is 0. The van der Waals surface area contributed by atoms with Crippen LogP contribution >= 0.6 is 0 Å². The monoisotopic (exact) mass is 216 g/mol. The Labute approximate surface area is 92.8 Å². The van der Waals surface area contributed by atoms with Crippen LogP contribution in [0, 0.1) is 0 Å². The molecule has 90 valence electrons. The molecule has 0 aromatic carbocycles. The average molecular weight is 216 g/mol. The van der Waals surface area contributed by atoms with Crippen molar-refractivity contribution in [2.24, 2.45) is 0 Å². The van der Waals surface area contributed by atoms with E-state index in [9.17, 15) is 5.11 Å². The molecule has 0 aromatic rings. The Morgan fingerprint density at radius 3 is 2.47 bits per heavy atom. The lowest BCUT2D eigenvalue weighted by molar-refractivity contribution is -0.148. The Morgan fingerprint density at radius 1 is 1.40 bits per heavy atom. The van der Waals surface area contributed by atoms with Gasteiger partial charge in [0.2, 0.25) is 0 Å². The second kappa shape index (κ2) is 4.81. The van der Waals surface area contributed by atoms with Gasteiger partial charge in [0.15, 0.2) is 0 Å². The highest BCUT2D eigenvalue weighted by molar-refractivity contribution is 4.96. The number of ether oxygens (including phenoxy) is 2. The molecule has 1 N–H and O–H groups in total. The Balaban J connectivity index is 2.23. The Hall–Kier alpha value is -0.120. The lowest BCUT2D eigenvalue weighted by Gasteiger charge is -2.44. The number of rotatable bonds is 6. The van der Waals surface area contributed by atoms with Gasteiger partial charge >= 0.3 is 0 Å². The molecule has 0 heterocycles. The van der Waals surface area contributed by atoms with Crippen LogP contribution in [0.1, 0.15) is 46.5 Å². The van der Waals surface area contributed by atoms with E-state index >= 15 is 0 Å². The van der Waals surface area contributed by atoms with Gasteiger partial charge in [-0.1, -0.05) is 0 Å². The first-order chi connectivity index (χ1) is 6.91. The van der Waals surface area contributed by atoms with Crippen molar-refractivity contribution >= 4 is 0 Å². The van der Waals surface area contributed by atoms with E-state index in [4.69, 9.17) is 9.47 Å². The van der Waals surface area contributed by atoms with E-state index < -0.39 is 5.60 Å². The van der Waals surface area contributed by atoms with Gasteiger partial charge in [0, 0.05) is 26.6 Å². The quantitative estimate of drug-likeness (QED) is 0.739. The number of hydrogen-bond donors (Lipinski definition) is 1. The average Bonchev–Trinajstić information content (AvgIpc) is 2.13. The first-order valence-electron chi connectivity index (χ1n) is 5.80. The third kappa shape index (κ3) is 3.74. The van der Waals surface area contributed by atoms with Crippen molar-refractivity contribution in [1.29, 1.82) is 0 Å². The molecule has 1 saturated carbocycles. The smallest absolute Gasteiger partial charge is 0.0698 e. The Bertz CT molecular complexity index is 195. The first-order valence-corrected chi connectivity index (χ1v) is 5.80. The molecule has 0 saturated heterocycles. The highest BCUT2D eigenvalue weighted by atomic mass is 16.5. The van der Waals surface area contributed by atoms with Gasteiger partial charge in [0.05, 0.1) is 17.3 Å². The minimum Gasteiger partial charge on any atom is -0.390 e. The standard InChI is InChI=1S/C12H24O3/c1-5-15-10-8-12(13,9-10)7-6-11(2,3)14-4/h10,13H,5-9H2,1-4H3. The molecule has 1 fully saturated rings. The van der Waals surface area contributed by atoms with Crippen LogP contribution in [0.4, 0.5) is 0 Å². The van der Waals surface area contributed by atoms with Gasteiger partial charge in [-0.15, -0.1) is 0 Å². The van der Waals surface area contributed by atoms with Crippen molar-refractivity contribution in [3.63, 3.8) is 0 Å². The molecule has 0 atom stereocenters. The van der Waals surface area contributed by atoms with Crippen molar-refractivity contribution in [2.75, 3.05) is 13.7 Å². The van der Waals surface area contributed by atoms with Gasteiger partial charge in [-0.3, -0.25) is 0 Å². The van der Waals surface area contributed by atoms with Crippen LogP contribution in [0.2, 0.25) is 0 Å². The van der Waals surface area contributed by atoms with E-state index in [1.807, 2.05) is 6.92 Å². The third-order valence-electron chi connectivity index (χ3n) is 3.36. The number of methoxy groups -OCH3 is 1. The van der Waals surface area contributed by atoms with Crippen molar-refractivity contribution in [3.8, 4) is 0 Å². The summed E-state index contributed by atoms with van der Waals surface area (Å²) in [4.78, 5) is 0. The van der Waals surface area contributed by atoms with E-state index in [1.165, 1.54) is 0 Å². The fourth-order valence-electron chi connectivity index (χ4n) is 1.98. The molecule has 15 heavy (non-hydrogen) atoms. The normalized spacial score (nSPS) is 31.4. The topological polar surface area (TPSA) is 38.7 Å². The fraction of sp³-hybridized carbons (Fsp3) is 1.00. The molecular weight excluding hydrogens is 192 g/mol. The highest BCUT2D eigenvalue weighted by Gasteiger charge is 2.43. The Morgan fingerprint density at radius 2 is 2.00 bits per heavy atom. The first kappa shape index (κ1) is 12.9. The predicted octanol–water partition coefficient (Wildman–Crippen LogP) is 2.12. The van der Waals surface area contributed by atoms with E-state index in [-0.39, 0.29) is 11.7 Å². The summed E-state index contributed by atoms with van der Waals surface area (Å²) in [5.41, 5.74) is -0.637. The Kier molecular flexibility index (Phi) is 4.15. The van der Waals surface area contributed by atoms with Gasteiger partial charge in [0.1, 0.15) is 0 Å². The molecule has 0 amide bonds. The molecule has 0 spiro atoms.